The van der Waals surface area contributed by atoms with Crippen LogP contribution in [-0.4, -0.2) is 51.8 Å². The number of nitrogens with zero attached hydrogens (tertiary/aromatic N) is 4. The van der Waals surface area contributed by atoms with Crippen LogP contribution in [0.4, 0.5) is 0 Å². The number of carbonyl (C=O) groups is 1. The van der Waals surface area contributed by atoms with Gasteiger partial charge < -0.3 is 15.0 Å². The zero-order chi connectivity index (χ0) is 20.9. The van der Waals surface area contributed by atoms with Gasteiger partial charge in [-0.05, 0) is 56.2 Å². The first kappa shape index (κ1) is 20.1. The monoisotopic (exact) mass is 405 g/mol. The number of carbonyl (C=O) groups excluding carboxylic acids is 1. The summed E-state index contributed by atoms with van der Waals surface area (Å²) in [5.41, 5.74) is 2.84. The summed E-state index contributed by atoms with van der Waals surface area (Å²) in [5.74, 6) is 0.916. The zero-order valence-electron chi connectivity index (χ0n) is 17.4. The van der Waals surface area contributed by atoms with Gasteiger partial charge in [0.2, 0.25) is 0 Å². The molecule has 1 aliphatic rings. The average Bonchev–Trinajstić information content (AvgIpc) is 3.30. The van der Waals surface area contributed by atoms with Crippen molar-refractivity contribution in [1.29, 1.82) is 0 Å². The van der Waals surface area contributed by atoms with E-state index in [1.807, 2.05) is 40.0 Å². The SMILES string of the molecule is COc1ccc(-n2cc(C(C)NC3CCN(C(=O)c4ccncc4)CC3)cn2)cc1. The number of piperidine rings is 1. The summed E-state index contributed by atoms with van der Waals surface area (Å²) in [5, 5.41) is 8.20. The van der Waals surface area contributed by atoms with Crippen LogP contribution in [0, 0.1) is 0 Å². The lowest BCUT2D eigenvalue weighted by molar-refractivity contribution is 0.0702. The van der Waals surface area contributed by atoms with Gasteiger partial charge in [0.15, 0.2) is 0 Å². The molecule has 7 nitrogen and oxygen atoms in total. The van der Waals surface area contributed by atoms with Gasteiger partial charge in [-0.2, -0.15) is 5.10 Å². The molecule has 0 bridgehead atoms. The van der Waals surface area contributed by atoms with Gasteiger partial charge in [0.1, 0.15) is 5.75 Å². The van der Waals surface area contributed by atoms with Gasteiger partial charge in [-0.15, -0.1) is 0 Å². The molecule has 0 radical (unpaired) electrons. The molecule has 1 atom stereocenters. The molecule has 3 heterocycles. The molecular weight excluding hydrogens is 378 g/mol. The van der Waals surface area contributed by atoms with Gasteiger partial charge in [-0.25, -0.2) is 4.68 Å². The molecule has 1 aliphatic heterocycles. The highest BCUT2D eigenvalue weighted by molar-refractivity contribution is 5.94. The Balaban J connectivity index is 1.31. The summed E-state index contributed by atoms with van der Waals surface area (Å²) in [4.78, 5) is 18.5. The minimum atomic E-state index is 0.0877. The molecule has 156 valence electrons. The smallest absolute Gasteiger partial charge is 0.253 e. The molecule has 1 aromatic carbocycles. The fourth-order valence-corrected chi connectivity index (χ4v) is 3.81. The van der Waals surface area contributed by atoms with Crippen molar-refractivity contribution in [3.63, 3.8) is 0 Å². The number of benzene rings is 1. The van der Waals surface area contributed by atoms with Crippen LogP contribution in [0.15, 0.2) is 61.2 Å². The van der Waals surface area contributed by atoms with Gasteiger partial charge in [0.25, 0.3) is 5.91 Å². The molecule has 1 saturated heterocycles. The predicted octanol–water partition coefficient (Wildman–Crippen LogP) is 3.23. The maximum absolute atomic E-state index is 12.6. The van der Waals surface area contributed by atoms with Crippen LogP contribution in [0.25, 0.3) is 5.69 Å². The number of ether oxygens (including phenoxy) is 1. The number of nitrogens with one attached hydrogen (secondary N) is 1. The van der Waals surface area contributed by atoms with E-state index in [9.17, 15) is 4.79 Å². The third-order valence-electron chi connectivity index (χ3n) is 5.63. The second-order valence-electron chi connectivity index (χ2n) is 7.61. The Hall–Kier alpha value is -3.19. The van der Waals surface area contributed by atoms with Crippen molar-refractivity contribution in [3.05, 3.63) is 72.3 Å². The van der Waals surface area contributed by atoms with E-state index in [2.05, 4.69) is 28.5 Å². The number of amides is 1. The minimum absolute atomic E-state index is 0.0877. The van der Waals surface area contributed by atoms with Crippen LogP contribution >= 0.6 is 0 Å². The Bertz CT molecular complexity index is 963. The van der Waals surface area contributed by atoms with Crippen molar-refractivity contribution in [1.82, 2.24) is 25.0 Å². The lowest BCUT2D eigenvalue weighted by atomic mass is 10.0. The van der Waals surface area contributed by atoms with E-state index in [0.29, 0.717) is 11.6 Å². The third kappa shape index (κ3) is 4.52. The van der Waals surface area contributed by atoms with Gasteiger partial charge in [-0.3, -0.25) is 9.78 Å². The van der Waals surface area contributed by atoms with E-state index < -0.39 is 0 Å². The van der Waals surface area contributed by atoms with E-state index >= 15 is 0 Å². The van der Waals surface area contributed by atoms with E-state index in [1.54, 1.807) is 31.6 Å². The van der Waals surface area contributed by atoms with Crippen LogP contribution in [0.1, 0.15) is 41.7 Å². The Morgan fingerprint density at radius 3 is 2.50 bits per heavy atom. The number of hydrogen-bond donors (Lipinski definition) is 1. The van der Waals surface area contributed by atoms with Gasteiger partial charge in [0, 0.05) is 54.9 Å². The Kier molecular flexibility index (Phi) is 6.09. The molecule has 1 fully saturated rings. The highest BCUT2D eigenvalue weighted by Gasteiger charge is 2.25. The van der Waals surface area contributed by atoms with Crippen molar-refractivity contribution in [2.24, 2.45) is 0 Å². The molecule has 7 heteroatoms. The third-order valence-corrected chi connectivity index (χ3v) is 5.63. The second-order valence-corrected chi connectivity index (χ2v) is 7.61. The maximum atomic E-state index is 12.6. The molecule has 3 aromatic rings. The minimum Gasteiger partial charge on any atom is -0.497 e. The van der Waals surface area contributed by atoms with Crippen LogP contribution < -0.4 is 10.1 Å². The van der Waals surface area contributed by atoms with E-state index in [-0.39, 0.29) is 11.9 Å². The maximum Gasteiger partial charge on any atom is 0.253 e. The summed E-state index contributed by atoms with van der Waals surface area (Å²) >= 11 is 0. The molecule has 4 rings (SSSR count). The molecule has 1 amide bonds. The van der Waals surface area contributed by atoms with Crippen LogP contribution in [-0.2, 0) is 0 Å². The van der Waals surface area contributed by atoms with Gasteiger partial charge in [-0.1, -0.05) is 0 Å². The van der Waals surface area contributed by atoms with Crippen molar-refractivity contribution in [3.8, 4) is 11.4 Å². The van der Waals surface area contributed by atoms with Crippen molar-refractivity contribution in [2.75, 3.05) is 20.2 Å². The van der Waals surface area contributed by atoms with Crippen LogP contribution in [0.3, 0.4) is 0 Å². The summed E-state index contributed by atoms with van der Waals surface area (Å²) in [7, 11) is 1.66. The number of pyridine rings is 1. The first-order chi connectivity index (χ1) is 14.6. The van der Waals surface area contributed by atoms with Crippen LogP contribution in [0.5, 0.6) is 5.75 Å². The number of methoxy groups -OCH3 is 1. The number of hydrogen-bond acceptors (Lipinski definition) is 5. The largest absolute Gasteiger partial charge is 0.497 e. The normalized spacial score (nSPS) is 15.7. The first-order valence-corrected chi connectivity index (χ1v) is 10.3. The van der Waals surface area contributed by atoms with Gasteiger partial charge in [0.05, 0.1) is 19.0 Å². The molecule has 0 aliphatic carbocycles. The quantitative estimate of drug-likeness (QED) is 0.682. The molecule has 2 aromatic heterocycles. The molecule has 1 unspecified atom stereocenters. The lowest BCUT2D eigenvalue weighted by Crippen LogP contribution is -2.45. The molecule has 1 N–H and O–H groups in total. The standard InChI is InChI=1S/C23H27N5O2/c1-17(19-15-25-28(16-19)21-3-5-22(30-2)6-4-21)26-20-9-13-27(14-10-20)23(29)18-7-11-24-12-8-18/h3-8,11-12,15-17,20,26H,9-10,13-14H2,1-2H3. The molecule has 0 spiro atoms. The fourth-order valence-electron chi connectivity index (χ4n) is 3.81. The highest BCUT2D eigenvalue weighted by atomic mass is 16.5. The summed E-state index contributed by atoms with van der Waals surface area (Å²) in [6.45, 7) is 3.68. The highest BCUT2D eigenvalue weighted by Crippen LogP contribution is 2.20. The van der Waals surface area contributed by atoms with Crippen molar-refractivity contribution in [2.45, 2.75) is 31.8 Å². The van der Waals surface area contributed by atoms with E-state index in [0.717, 1.165) is 42.9 Å². The number of likely N-dealkylation sites (tertiary alicyclic amines) is 1. The van der Waals surface area contributed by atoms with Crippen molar-refractivity contribution >= 4 is 5.91 Å². The summed E-state index contributed by atoms with van der Waals surface area (Å²) < 4.78 is 7.09. The number of aromatic nitrogens is 3. The molecular formula is C23H27N5O2. The Morgan fingerprint density at radius 2 is 1.83 bits per heavy atom. The second kappa shape index (κ2) is 9.09. The first-order valence-electron chi connectivity index (χ1n) is 10.3. The average molecular weight is 406 g/mol. The topological polar surface area (TPSA) is 72.3 Å². The summed E-state index contributed by atoms with van der Waals surface area (Å²) in [6.07, 6.45) is 9.16. The fraction of sp³-hybridized carbons (Fsp3) is 0.348. The number of rotatable bonds is 6. The lowest BCUT2D eigenvalue weighted by Gasteiger charge is -2.34. The Morgan fingerprint density at radius 1 is 1.13 bits per heavy atom. The van der Waals surface area contributed by atoms with E-state index in [1.165, 1.54) is 0 Å². The van der Waals surface area contributed by atoms with Gasteiger partial charge >= 0.3 is 0 Å². The van der Waals surface area contributed by atoms with Crippen LogP contribution in [0.2, 0.25) is 0 Å². The Labute approximate surface area is 176 Å². The molecule has 30 heavy (non-hydrogen) atoms. The van der Waals surface area contributed by atoms with E-state index in [4.69, 9.17) is 4.74 Å². The summed E-state index contributed by atoms with van der Waals surface area (Å²) in [6, 6.07) is 11.9. The zero-order valence-corrected chi connectivity index (χ0v) is 17.4. The van der Waals surface area contributed by atoms with Crippen molar-refractivity contribution < 1.29 is 9.53 Å². The predicted molar refractivity (Wildman–Crippen MR) is 115 cm³/mol. The molecule has 0 saturated carbocycles.